The summed E-state index contributed by atoms with van der Waals surface area (Å²) in [6, 6.07) is 0. The number of aryl methyl sites for hydroxylation is 1. The number of aromatic nitrogens is 2. The number of hydrogen-bond donors (Lipinski definition) is 1. The van der Waals surface area contributed by atoms with Gasteiger partial charge in [-0.25, -0.2) is 4.98 Å². The number of nitrogens with one attached hydrogen (secondary N) is 1. The summed E-state index contributed by atoms with van der Waals surface area (Å²) >= 11 is 1.91. The van der Waals surface area contributed by atoms with E-state index in [9.17, 15) is 4.79 Å². The predicted octanol–water partition coefficient (Wildman–Crippen LogP) is 2.60. The smallest absolute Gasteiger partial charge is 0.254 e. The highest BCUT2D eigenvalue weighted by atomic mass is 32.2. The third-order valence-corrected chi connectivity index (χ3v) is 4.46. The van der Waals surface area contributed by atoms with Gasteiger partial charge in [0.05, 0.1) is 5.25 Å². The number of aromatic amines is 1. The zero-order chi connectivity index (χ0) is 11.5. The molecule has 0 aromatic carbocycles. The second kappa shape index (κ2) is 5.04. The monoisotopic (exact) mass is 238 g/mol. The van der Waals surface area contributed by atoms with E-state index < -0.39 is 0 Å². The Labute approximate surface area is 100 Å². The summed E-state index contributed by atoms with van der Waals surface area (Å²) in [6.07, 6.45) is 4.43. The van der Waals surface area contributed by atoms with Gasteiger partial charge in [-0.15, -0.1) is 0 Å². The molecule has 3 nitrogen and oxygen atoms in total. The maximum Gasteiger partial charge on any atom is 0.254 e. The third kappa shape index (κ3) is 2.32. The number of H-pyrrole nitrogens is 1. The van der Waals surface area contributed by atoms with Crippen molar-refractivity contribution in [2.75, 3.05) is 5.75 Å². The maximum atomic E-state index is 11.8. The van der Waals surface area contributed by atoms with Crippen LogP contribution in [0.4, 0.5) is 0 Å². The van der Waals surface area contributed by atoms with Crippen molar-refractivity contribution >= 4 is 11.8 Å². The fraction of sp³-hybridized carbons (Fsp3) is 0.667. The SMILES string of the molecule is CCc1c(C)nc(C2CCCCS2)[nH]c1=O. The first-order valence-corrected chi connectivity index (χ1v) is 6.98. The van der Waals surface area contributed by atoms with Crippen molar-refractivity contribution in [2.45, 2.75) is 44.8 Å². The van der Waals surface area contributed by atoms with Gasteiger partial charge in [0.2, 0.25) is 0 Å². The first-order chi connectivity index (χ1) is 7.72. The molecule has 0 spiro atoms. The molecule has 0 amide bonds. The Morgan fingerprint density at radius 1 is 1.50 bits per heavy atom. The van der Waals surface area contributed by atoms with E-state index in [1.54, 1.807) is 0 Å². The molecule has 0 aliphatic carbocycles. The fourth-order valence-electron chi connectivity index (χ4n) is 2.16. The molecule has 0 saturated carbocycles. The molecule has 1 atom stereocenters. The molecule has 88 valence electrons. The van der Waals surface area contributed by atoms with Gasteiger partial charge in [-0.3, -0.25) is 4.79 Å². The zero-order valence-electron chi connectivity index (χ0n) is 9.88. The van der Waals surface area contributed by atoms with Crippen molar-refractivity contribution in [3.8, 4) is 0 Å². The lowest BCUT2D eigenvalue weighted by Gasteiger charge is -2.20. The van der Waals surface area contributed by atoms with Gasteiger partial charge in [0.15, 0.2) is 0 Å². The van der Waals surface area contributed by atoms with Crippen LogP contribution < -0.4 is 5.56 Å². The van der Waals surface area contributed by atoms with E-state index in [4.69, 9.17) is 0 Å². The minimum absolute atomic E-state index is 0.0520. The number of rotatable bonds is 2. The topological polar surface area (TPSA) is 45.8 Å². The van der Waals surface area contributed by atoms with E-state index >= 15 is 0 Å². The molecule has 1 unspecified atom stereocenters. The molecule has 1 aliphatic rings. The van der Waals surface area contributed by atoms with E-state index in [1.165, 1.54) is 18.6 Å². The molecule has 0 radical (unpaired) electrons. The lowest BCUT2D eigenvalue weighted by atomic mass is 10.1. The summed E-state index contributed by atoms with van der Waals surface area (Å²) in [5.41, 5.74) is 1.77. The Hall–Kier alpha value is -0.770. The van der Waals surface area contributed by atoms with Crippen LogP contribution in [-0.4, -0.2) is 15.7 Å². The average Bonchev–Trinajstić information content (AvgIpc) is 2.30. The minimum atomic E-state index is 0.0520. The molecular weight excluding hydrogens is 220 g/mol. The Bertz CT molecular complexity index is 422. The van der Waals surface area contributed by atoms with Crippen LogP contribution in [0.15, 0.2) is 4.79 Å². The summed E-state index contributed by atoms with van der Waals surface area (Å²) in [5.74, 6) is 2.06. The van der Waals surface area contributed by atoms with Gasteiger partial charge in [-0.1, -0.05) is 13.3 Å². The molecule has 0 bridgehead atoms. The van der Waals surface area contributed by atoms with Crippen LogP contribution in [0.2, 0.25) is 0 Å². The molecule has 1 aromatic heterocycles. The Kier molecular flexibility index (Phi) is 3.69. The van der Waals surface area contributed by atoms with Gasteiger partial charge in [0.25, 0.3) is 5.56 Å². The van der Waals surface area contributed by atoms with Crippen LogP contribution in [0.25, 0.3) is 0 Å². The van der Waals surface area contributed by atoms with Crippen molar-refractivity contribution in [1.82, 2.24) is 9.97 Å². The summed E-state index contributed by atoms with van der Waals surface area (Å²) in [5, 5.41) is 0.394. The van der Waals surface area contributed by atoms with Crippen molar-refractivity contribution in [2.24, 2.45) is 0 Å². The number of nitrogens with zero attached hydrogens (tertiary/aromatic N) is 1. The van der Waals surface area contributed by atoms with Gasteiger partial charge in [-0.05, 0) is 31.9 Å². The normalized spacial score (nSPS) is 21.0. The van der Waals surface area contributed by atoms with Crippen LogP contribution in [0, 0.1) is 6.92 Å². The largest absolute Gasteiger partial charge is 0.309 e. The van der Waals surface area contributed by atoms with Crippen LogP contribution in [0.1, 0.15) is 48.5 Å². The van der Waals surface area contributed by atoms with Gasteiger partial charge in [0.1, 0.15) is 5.82 Å². The predicted molar refractivity (Wildman–Crippen MR) is 68.0 cm³/mol. The summed E-state index contributed by atoms with van der Waals surface area (Å²) in [4.78, 5) is 19.3. The molecule has 2 heterocycles. The summed E-state index contributed by atoms with van der Waals surface area (Å²) in [6.45, 7) is 3.93. The lowest BCUT2D eigenvalue weighted by molar-refractivity contribution is 0.656. The first kappa shape index (κ1) is 11.7. The quantitative estimate of drug-likeness (QED) is 0.861. The van der Waals surface area contributed by atoms with Gasteiger partial charge in [0, 0.05) is 11.3 Å². The van der Waals surface area contributed by atoms with E-state index in [0.717, 1.165) is 29.9 Å². The van der Waals surface area contributed by atoms with Crippen molar-refractivity contribution in [1.29, 1.82) is 0 Å². The molecule has 1 aliphatic heterocycles. The van der Waals surface area contributed by atoms with Crippen molar-refractivity contribution in [3.05, 3.63) is 27.4 Å². The second-order valence-electron chi connectivity index (χ2n) is 4.22. The standard InChI is InChI=1S/C12H18N2OS/c1-3-9-8(2)13-11(14-12(9)15)10-6-4-5-7-16-10/h10H,3-7H2,1-2H3,(H,13,14,15). The third-order valence-electron chi connectivity index (χ3n) is 3.08. The average molecular weight is 238 g/mol. The maximum absolute atomic E-state index is 11.8. The molecule has 16 heavy (non-hydrogen) atoms. The molecule has 1 N–H and O–H groups in total. The number of thioether (sulfide) groups is 1. The fourth-order valence-corrected chi connectivity index (χ4v) is 3.42. The van der Waals surface area contributed by atoms with Crippen LogP contribution in [-0.2, 0) is 6.42 Å². The van der Waals surface area contributed by atoms with E-state index in [2.05, 4.69) is 9.97 Å². The Morgan fingerprint density at radius 3 is 2.88 bits per heavy atom. The van der Waals surface area contributed by atoms with Gasteiger partial charge in [-0.2, -0.15) is 11.8 Å². The molecule has 2 rings (SSSR count). The molecule has 1 aromatic rings. The van der Waals surface area contributed by atoms with Crippen LogP contribution in [0.5, 0.6) is 0 Å². The number of hydrogen-bond acceptors (Lipinski definition) is 3. The van der Waals surface area contributed by atoms with Crippen LogP contribution >= 0.6 is 11.8 Å². The van der Waals surface area contributed by atoms with E-state index in [1.807, 2.05) is 25.6 Å². The highest BCUT2D eigenvalue weighted by Crippen LogP contribution is 2.36. The van der Waals surface area contributed by atoms with Crippen LogP contribution in [0.3, 0.4) is 0 Å². The van der Waals surface area contributed by atoms with E-state index in [-0.39, 0.29) is 5.56 Å². The van der Waals surface area contributed by atoms with Crippen molar-refractivity contribution in [3.63, 3.8) is 0 Å². The second-order valence-corrected chi connectivity index (χ2v) is 5.53. The minimum Gasteiger partial charge on any atom is -0.309 e. The first-order valence-electron chi connectivity index (χ1n) is 5.93. The van der Waals surface area contributed by atoms with Crippen molar-refractivity contribution < 1.29 is 0 Å². The Balaban J connectivity index is 2.31. The van der Waals surface area contributed by atoms with Gasteiger partial charge < -0.3 is 4.98 Å². The summed E-state index contributed by atoms with van der Waals surface area (Å²) in [7, 11) is 0. The molecular formula is C12H18N2OS. The zero-order valence-corrected chi connectivity index (χ0v) is 10.7. The highest BCUT2D eigenvalue weighted by Gasteiger charge is 2.19. The molecule has 1 saturated heterocycles. The summed E-state index contributed by atoms with van der Waals surface area (Å²) < 4.78 is 0. The van der Waals surface area contributed by atoms with Gasteiger partial charge >= 0.3 is 0 Å². The molecule has 1 fully saturated rings. The Morgan fingerprint density at radius 2 is 2.31 bits per heavy atom. The van der Waals surface area contributed by atoms with E-state index in [0.29, 0.717) is 5.25 Å². The highest BCUT2D eigenvalue weighted by molar-refractivity contribution is 7.99. The lowest BCUT2D eigenvalue weighted by Crippen LogP contribution is -2.20. The molecule has 4 heteroatoms.